The first-order valence-corrected chi connectivity index (χ1v) is 15.7. The van der Waals surface area contributed by atoms with Crippen LogP contribution < -0.4 is 14.4 Å². The summed E-state index contributed by atoms with van der Waals surface area (Å²) in [5.41, 5.74) is 2.90. The fourth-order valence-electron chi connectivity index (χ4n) is 4.39. The Morgan fingerprint density at radius 1 is 1.02 bits per heavy atom. The molecule has 0 fully saturated rings. The summed E-state index contributed by atoms with van der Waals surface area (Å²) in [6, 6.07) is 20.6. The van der Waals surface area contributed by atoms with Gasteiger partial charge in [-0.1, -0.05) is 73.1 Å². The van der Waals surface area contributed by atoms with Crippen LogP contribution in [0.3, 0.4) is 0 Å². The summed E-state index contributed by atoms with van der Waals surface area (Å²) in [6.45, 7) is 5.42. The van der Waals surface area contributed by atoms with Gasteiger partial charge in [0.05, 0.1) is 24.1 Å². The zero-order valence-electron chi connectivity index (χ0n) is 24.1. The SMILES string of the molecule is CC[C@H](C)NC(=O)[C@@H](Cc1ccccc1)N(Cc1ccccc1C)C(=O)CN(c1ccc(OC)c(Cl)c1)S(C)(=O)=O. The Morgan fingerprint density at radius 3 is 2.27 bits per heavy atom. The second-order valence-corrected chi connectivity index (χ2v) is 12.4. The predicted molar refractivity (Wildman–Crippen MR) is 164 cm³/mol. The molecule has 3 aromatic carbocycles. The number of hydrogen-bond acceptors (Lipinski definition) is 5. The first kappa shape index (κ1) is 32.0. The second-order valence-electron chi connectivity index (χ2n) is 10.1. The van der Waals surface area contributed by atoms with Gasteiger partial charge in [-0.15, -0.1) is 0 Å². The number of benzene rings is 3. The fourth-order valence-corrected chi connectivity index (χ4v) is 5.48. The fraction of sp³-hybridized carbons (Fsp3) is 0.355. The Hall–Kier alpha value is -3.56. The van der Waals surface area contributed by atoms with Gasteiger partial charge in [-0.25, -0.2) is 8.42 Å². The Balaban J connectivity index is 2.08. The van der Waals surface area contributed by atoms with Crippen molar-refractivity contribution in [3.05, 3.63) is 94.5 Å². The molecule has 0 radical (unpaired) electrons. The lowest BCUT2D eigenvalue weighted by Gasteiger charge is -2.34. The van der Waals surface area contributed by atoms with E-state index < -0.39 is 28.5 Å². The first-order valence-electron chi connectivity index (χ1n) is 13.4. The van der Waals surface area contributed by atoms with Crippen molar-refractivity contribution in [2.75, 3.05) is 24.2 Å². The van der Waals surface area contributed by atoms with Gasteiger partial charge in [-0.05, 0) is 55.2 Å². The zero-order valence-corrected chi connectivity index (χ0v) is 25.7. The van der Waals surface area contributed by atoms with Gasteiger partial charge in [0.1, 0.15) is 18.3 Å². The molecule has 8 nitrogen and oxygen atoms in total. The third-order valence-corrected chi connectivity index (χ3v) is 8.41. The molecular weight excluding hydrogens is 562 g/mol. The number of ether oxygens (including phenoxy) is 1. The molecule has 3 rings (SSSR count). The van der Waals surface area contributed by atoms with Crippen LogP contribution in [0.1, 0.15) is 37.0 Å². The molecule has 2 amide bonds. The van der Waals surface area contributed by atoms with E-state index in [1.54, 1.807) is 6.07 Å². The van der Waals surface area contributed by atoms with E-state index in [4.69, 9.17) is 16.3 Å². The molecule has 0 aliphatic heterocycles. The van der Waals surface area contributed by atoms with Crippen molar-refractivity contribution in [3.63, 3.8) is 0 Å². The third kappa shape index (κ3) is 8.71. The number of carbonyl (C=O) groups is 2. The maximum absolute atomic E-state index is 14.2. The summed E-state index contributed by atoms with van der Waals surface area (Å²) >= 11 is 6.30. The van der Waals surface area contributed by atoms with Crippen LogP contribution in [-0.4, -0.2) is 57.1 Å². The number of amides is 2. The number of hydrogen-bond donors (Lipinski definition) is 1. The third-order valence-electron chi connectivity index (χ3n) is 6.98. The number of nitrogens with one attached hydrogen (secondary N) is 1. The van der Waals surface area contributed by atoms with Crippen molar-refractivity contribution in [2.24, 2.45) is 0 Å². The van der Waals surface area contributed by atoms with Gasteiger partial charge >= 0.3 is 0 Å². The van der Waals surface area contributed by atoms with Crippen LogP contribution in [0.5, 0.6) is 5.75 Å². The van der Waals surface area contributed by atoms with Crippen LogP contribution in [-0.2, 0) is 32.6 Å². The molecule has 0 unspecified atom stereocenters. The Bertz CT molecular complexity index is 1450. The topological polar surface area (TPSA) is 96.0 Å². The largest absolute Gasteiger partial charge is 0.495 e. The summed E-state index contributed by atoms with van der Waals surface area (Å²) in [7, 11) is -2.45. The van der Waals surface area contributed by atoms with Crippen molar-refractivity contribution in [3.8, 4) is 5.75 Å². The molecule has 1 N–H and O–H groups in total. The maximum atomic E-state index is 14.2. The zero-order chi connectivity index (χ0) is 30.2. The highest BCUT2D eigenvalue weighted by molar-refractivity contribution is 7.92. The minimum atomic E-state index is -3.91. The lowest BCUT2D eigenvalue weighted by molar-refractivity contribution is -0.140. The quantitative estimate of drug-likeness (QED) is 0.299. The predicted octanol–water partition coefficient (Wildman–Crippen LogP) is 4.98. The molecule has 0 saturated carbocycles. The van der Waals surface area contributed by atoms with E-state index >= 15 is 0 Å². The van der Waals surface area contributed by atoms with Gasteiger partial charge in [-0.3, -0.25) is 13.9 Å². The van der Waals surface area contributed by atoms with Crippen molar-refractivity contribution >= 4 is 39.1 Å². The normalized spacial score (nSPS) is 12.7. The van der Waals surface area contributed by atoms with E-state index in [1.807, 2.05) is 75.4 Å². The van der Waals surface area contributed by atoms with E-state index in [-0.39, 0.29) is 35.6 Å². The van der Waals surface area contributed by atoms with E-state index in [9.17, 15) is 18.0 Å². The van der Waals surface area contributed by atoms with E-state index in [2.05, 4.69) is 5.32 Å². The summed E-state index contributed by atoms with van der Waals surface area (Å²) < 4.78 is 32.1. The lowest BCUT2D eigenvalue weighted by atomic mass is 10.0. The number of halogens is 1. The highest BCUT2D eigenvalue weighted by atomic mass is 35.5. The maximum Gasteiger partial charge on any atom is 0.244 e. The Morgan fingerprint density at radius 2 is 1.68 bits per heavy atom. The molecular formula is C31H38ClN3O5S. The van der Waals surface area contributed by atoms with E-state index in [1.165, 1.54) is 24.1 Å². The van der Waals surface area contributed by atoms with Crippen molar-refractivity contribution in [1.82, 2.24) is 10.2 Å². The molecule has 0 aromatic heterocycles. The second kappa shape index (κ2) is 14.4. The highest BCUT2D eigenvalue weighted by Crippen LogP contribution is 2.30. The molecule has 0 heterocycles. The minimum Gasteiger partial charge on any atom is -0.495 e. The number of sulfonamides is 1. The summed E-state index contributed by atoms with van der Waals surface area (Å²) in [6.07, 6.45) is 2.00. The highest BCUT2D eigenvalue weighted by Gasteiger charge is 2.33. The molecule has 0 saturated heterocycles. The number of anilines is 1. The molecule has 220 valence electrons. The smallest absolute Gasteiger partial charge is 0.244 e. The van der Waals surface area contributed by atoms with Gasteiger partial charge in [0.25, 0.3) is 0 Å². The standard InChI is InChI=1S/C31H38ClN3O5S/c1-6-23(3)33-31(37)28(18-24-13-8-7-9-14-24)34(20-25-15-11-10-12-22(25)2)30(36)21-35(41(5,38)39)26-16-17-29(40-4)27(32)19-26/h7-17,19,23,28H,6,18,20-21H2,1-5H3,(H,33,37)/t23-,28+/m0/s1. The van der Waals surface area contributed by atoms with Crippen LogP contribution in [0, 0.1) is 6.92 Å². The van der Waals surface area contributed by atoms with Crippen molar-refractivity contribution in [1.29, 1.82) is 0 Å². The summed E-state index contributed by atoms with van der Waals surface area (Å²) in [4.78, 5) is 29.4. The van der Waals surface area contributed by atoms with Gasteiger partial charge < -0.3 is 15.0 Å². The van der Waals surface area contributed by atoms with Gasteiger partial charge in [-0.2, -0.15) is 0 Å². The number of methoxy groups -OCH3 is 1. The monoisotopic (exact) mass is 599 g/mol. The minimum absolute atomic E-state index is 0.106. The van der Waals surface area contributed by atoms with Crippen LogP contribution in [0.25, 0.3) is 0 Å². The number of rotatable bonds is 13. The summed E-state index contributed by atoms with van der Waals surface area (Å²) in [5.74, 6) is -0.449. The Labute approximate surface area is 248 Å². The molecule has 10 heteroatoms. The molecule has 3 aromatic rings. The molecule has 0 bridgehead atoms. The van der Waals surface area contributed by atoms with Crippen LogP contribution in [0.4, 0.5) is 5.69 Å². The molecule has 2 atom stereocenters. The first-order chi connectivity index (χ1) is 19.4. The molecule has 0 aliphatic carbocycles. The van der Waals surface area contributed by atoms with Crippen LogP contribution in [0.15, 0.2) is 72.8 Å². The molecule has 41 heavy (non-hydrogen) atoms. The Kier molecular flexibility index (Phi) is 11.2. The van der Waals surface area contributed by atoms with E-state index in [0.29, 0.717) is 5.75 Å². The molecule has 0 aliphatic rings. The van der Waals surface area contributed by atoms with Gasteiger partial charge in [0.2, 0.25) is 21.8 Å². The van der Waals surface area contributed by atoms with Crippen molar-refractivity contribution < 1.29 is 22.7 Å². The van der Waals surface area contributed by atoms with E-state index in [0.717, 1.165) is 33.7 Å². The number of nitrogens with zero attached hydrogens (tertiary/aromatic N) is 2. The van der Waals surface area contributed by atoms with Crippen LogP contribution in [0.2, 0.25) is 5.02 Å². The average molecular weight is 600 g/mol. The van der Waals surface area contributed by atoms with Crippen LogP contribution >= 0.6 is 11.6 Å². The number of aryl methyl sites for hydroxylation is 1. The lowest BCUT2D eigenvalue weighted by Crippen LogP contribution is -2.54. The van der Waals surface area contributed by atoms with Crippen molar-refractivity contribution in [2.45, 2.75) is 52.2 Å². The molecule has 0 spiro atoms. The average Bonchev–Trinajstić information content (AvgIpc) is 2.94. The van der Waals surface area contributed by atoms with Gasteiger partial charge in [0, 0.05) is 19.0 Å². The summed E-state index contributed by atoms with van der Waals surface area (Å²) in [5, 5.41) is 3.23. The number of carbonyl (C=O) groups excluding carboxylic acids is 2. The van der Waals surface area contributed by atoms with Gasteiger partial charge in [0.15, 0.2) is 0 Å².